The molecular weight excluding hydrogens is 337 g/mol. The number of imide groups is 1. The fourth-order valence-corrected chi connectivity index (χ4v) is 3.45. The lowest BCUT2D eigenvalue weighted by atomic mass is 10.2. The first kappa shape index (κ1) is 16.6. The van der Waals surface area contributed by atoms with Crippen molar-refractivity contribution in [2.75, 3.05) is 36.0 Å². The van der Waals surface area contributed by atoms with Crippen LogP contribution in [0.1, 0.15) is 6.42 Å². The highest BCUT2D eigenvalue weighted by molar-refractivity contribution is 6.22. The number of nitrogens with zero attached hydrogens (tertiary/aromatic N) is 5. The Morgan fingerprint density at radius 2 is 1.62 bits per heavy atom. The fourth-order valence-electron chi connectivity index (χ4n) is 3.45. The molecule has 2 fully saturated rings. The lowest BCUT2D eigenvalue weighted by Crippen LogP contribution is -2.53. The quantitative estimate of drug-likeness (QED) is 0.767. The van der Waals surface area contributed by atoms with E-state index < -0.39 is 11.9 Å². The summed E-state index contributed by atoms with van der Waals surface area (Å²) in [5, 5.41) is 0. The molecule has 0 N–H and O–H groups in total. The second kappa shape index (κ2) is 6.80. The Morgan fingerprint density at radius 1 is 0.962 bits per heavy atom. The first-order valence-corrected chi connectivity index (χ1v) is 8.52. The van der Waals surface area contributed by atoms with Crippen molar-refractivity contribution >= 4 is 23.5 Å². The van der Waals surface area contributed by atoms with Crippen LogP contribution < -0.4 is 9.80 Å². The normalized spacial score (nSPS) is 21.5. The molecule has 2 saturated heterocycles. The molecule has 1 unspecified atom stereocenters. The van der Waals surface area contributed by atoms with Crippen LogP contribution in [0.5, 0.6) is 0 Å². The number of amides is 2. The highest BCUT2D eigenvalue weighted by atomic mass is 19.1. The van der Waals surface area contributed by atoms with Gasteiger partial charge < -0.3 is 4.90 Å². The van der Waals surface area contributed by atoms with Crippen LogP contribution in [0.15, 0.2) is 42.7 Å². The molecule has 2 amide bonds. The molecule has 0 spiro atoms. The molecule has 1 aromatic heterocycles. The van der Waals surface area contributed by atoms with Gasteiger partial charge in [-0.1, -0.05) is 0 Å². The number of benzene rings is 1. The maximum atomic E-state index is 13.1. The molecule has 4 rings (SSSR count). The van der Waals surface area contributed by atoms with Gasteiger partial charge in [-0.3, -0.25) is 14.5 Å². The molecule has 0 saturated carbocycles. The number of rotatable bonds is 3. The predicted octanol–water partition coefficient (Wildman–Crippen LogP) is 1.07. The smallest absolute Gasteiger partial charge is 0.251 e. The number of halogens is 1. The number of hydrogen-bond acceptors (Lipinski definition) is 6. The molecular formula is C18H18FN5O2. The zero-order valence-corrected chi connectivity index (χ0v) is 14.1. The molecule has 26 heavy (non-hydrogen) atoms. The summed E-state index contributed by atoms with van der Waals surface area (Å²) in [5.74, 6) is -0.219. The van der Waals surface area contributed by atoms with E-state index in [0.29, 0.717) is 37.8 Å². The minimum absolute atomic E-state index is 0.151. The van der Waals surface area contributed by atoms with Crippen molar-refractivity contribution in [2.24, 2.45) is 0 Å². The van der Waals surface area contributed by atoms with Crippen LogP contribution in [-0.4, -0.2) is 58.9 Å². The topological polar surface area (TPSA) is 69.6 Å². The van der Waals surface area contributed by atoms with Gasteiger partial charge in [-0.25, -0.2) is 19.3 Å². The molecule has 0 aliphatic carbocycles. The first-order valence-electron chi connectivity index (χ1n) is 8.52. The van der Waals surface area contributed by atoms with Crippen LogP contribution in [0.4, 0.5) is 16.0 Å². The van der Waals surface area contributed by atoms with Gasteiger partial charge in [-0.2, -0.15) is 0 Å². The summed E-state index contributed by atoms with van der Waals surface area (Å²) in [6, 6.07) is 6.72. The average Bonchev–Trinajstić information content (AvgIpc) is 2.98. The Hall–Kier alpha value is -2.87. The maximum Gasteiger partial charge on any atom is 0.251 e. The standard InChI is InChI=1S/C18H18FN5O2/c19-13-2-4-14(5-3-13)24-16(25)12-15(17(24)26)22-8-10-23(11-9-22)18-20-6-1-7-21-18/h1-7,15H,8-12H2. The Bertz CT molecular complexity index is 806. The lowest BCUT2D eigenvalue weighted by molar-refractivity contribution is -0.123. The molecule has 3 heterocycles. The van der Waals surface area contributed by atoms with Crippen LogP contribution in [-0.2, 0) is 9.59 Å². The molecule has 2 aliphatic heterocycles. The molecule has 0 radical (unpaired) electrons. The van der Waals surface area contributed by atoms with E-state index in [1.165, 1.54) is 24.3 Å². The molecule has 0 bridgehead atoms. The summed E-state index contributed by atoms with van der Waals surface area (Å²) in [4.78, 5) is 38.9. The van der Waals surface area contributed by atoms with E-state index in [1.807, 2.05) is 4.90 Å². The van der Waals surface area contributed by atoms with Gasteiger partial charge in [-0.05, 0) is 30.3 Å². The summed E-state index contributed by atoms with van der Waals surface area (Å²) in [6.45, 7) is 2.69. The second-order valence-electron chi connectivity index (χ2n) is 6.34. The van der Waals surface area contributed by atoms with Gasteiger partial charge in [0.2, 0.25) is 11.9 Å². The number of carbonyl (C=O) groups excluding carboxylic acids is 2. The van der Waals surface area contributed by atoms with Gasteiger partial charge >= 0.3 is 0 Å². The monoisotopic (exact) mass is 355 g/mol. The van der Waals surface area contributed by atoms with Crippen LogP contribution in [0.3, 0.4) is 0 Å². The van der Waals surface area contributed by atoms with Crippen molar-refractivity contribution in [1.82, 2.24) is 14.9 Å². The van der Waals surface area contributed by atoms with Crippen molar-refractivity contribution in [3.05, 3.63) is 48.5 Å². The molecule has 1 atom stereocenters. The number of hydrogen-bond donors (Lipinski definition) is 0. The SMILES string of the molecule is O=C1CC(N2CCN(c3ncccn3)CC2)C(=O)N1c1ccc(F)cc1. The highest BCUT2D eigenvalue weighted by Gasteiger charge is 2.43. The highest BCUT2D eigenvalue weighted by Crippen LogP contribution is 2.26. The number of anilines is 2. The summed E-state index contributed by atoms with van der Waals surface area (Å²) < 4.78 is 13.1. The van der Waals surface area contributed by atoms with E-state index in [0.717, 1.165) is 4.90 Å². The lowest BCUT2D eigenvalue weighted by Gasteiger charge is -2.36. The van der Waals surface area contributed by atoms with E-state index in [4.69, 9.17) is 0 Å². The van der Waals surface area contributed by atoms with Crippen LogP contribution in [0.2, 0.25) is 0 Å². The van der Waals surface area contributed by atoms with Crippen molar-refractivity contribution in [3.8, 4) is 0 Å². The van der Waals surface area contributed by atoms with Gasteiger partial charge in [0.05, 0.1) is 18.2 Å². The van der Waals surface area contributed by atoms with Crippen molar-refractivity contribution in [2.45, 2.75) is 12.5 Å². The third-order valence-corrected chi connectivity index (χ3v) is 4.80. The van der Waals surface area contributed by atoms with Gasteiger partial charge in [0.15, 0.2) is 0 Å². The molecule has 8 heteroatoms. The number of aromatic nitrogens is 2. The van der Waals surface area contributed by atoms with Crippen LogP contribution in [0.25, 0.3) is 0 Å². The van der Waals surface area contributed by atoms with Crippen LogP contribution >= 0.6 is 0 Å². The largest absolute Gasteiger partial charge is 0.338 e. The fraction of sp³-hybridized carbons (Fsp3) is 0.333. The van der Waals surface area contributed by atoms with Crippen molar-refractivity contribution in [3.63, 3.8) is 0 Å². The third-order valence-electron chi connectivity index (χ3n) is 4.80. The zero-order valence-electron chi connectivity index (χ0n) is 14.1. The number of piperazine rings is 1. The molecule has 2 aromatic rings. The molecule has 7 nitrogen and oxygen atoms in total. The Labute approximate surface area is 150 Å². The maximum absolute atomic E-state index is 13.1. The Kier molecular flexibility index (Phi) is 4.34. The second-order valence-corrected chi connectivity index (χ2v) is 6.34. The van der Waals surface area contributed by atoms with Crippen molar-refractivity contribution < 1.29 is 14.0 Å². The van der Waals surface area contributed by atoms with E-state index >= 15 is 0 Å². The summed E-state index contributed by atoms with van der Waals surface area (Å²) in [5.41, 5.74) is 0.417. The van der Waals surface area contributed by atoms with E-state index in [-0.39, 0.29) is 18.2 Å². The third kappa shape index (κ3) is 3.03. The van der Waals surface area contributed by atoms with E-state index in [1.54, 1.807) is 18.5 Å². The minimum Gasteiger partial charge on any atom is -0.338 e. The predicted molar refractivity (Wildman–Crippen MR) is 93.1 cm³/mol. The average molecular weight is 355 g/mol. The molecule has 2 aliphatic rings. The van der Waals surface area contributed by atoms with E-state index in [2.05, 4.69) is 14.9 Å². The molecule has 1 aromatic carbocycles. The Morgan fingerprint density at radius 3 is 2.27 bits per heavy atom. The Balaban J connectivity index is 1.44. The summed E-state index contributed by atoms with van der Waals surface area (Å²) >= 11 is 0. The first-order chi connectivity index (χ1) is 12.6. The van der Waals surface area contributed by atoms with Gasteiger partial charge in [0.25, 0.3) is 5.91 Å². The van der Waals surface area contributed by atoms with Gasteiger partial charge in [0.1, 0.15) is 5.82 Å². The molecule has 134 valence electrons. The van der Waals surface area contributed by atoms with Crippen molar-refractivity contribution in [1.29, 1.82) is 0 Å². The summed E-state index contributed by atoms with van der Waals surface area (Å²) in [7, 11) is 0. The summed E-state index contributed by atoms with van der Waals surface area (Å²) in [6.07, 6.45) is 3.56. The zero-order chi connectivity index (χ0) is 18.1. The number of carbonyl (C=O) groups is 2. The van der Waals surface area contributed by atoms with Gasteiger partial charge in [-0.15, -0.1) is 0 Å². The minimum atomic E-state index is -0.466. The van der Waals surface area contributed by atoms with E-state index in [9.17, 15) is 14.0 Å². The van der Waals surface area contributed by atoms with Gasteiger partial charge in [0, 0.05) is 38.6 Å². The van der Waals surface area contributed by atoms with Crippen LogP contribution in [0, 0.1) is 5.82 Å².